The molecule has 0 atom stereocenters. The van der Waals surface area contributed by atoms with Gasteiger partial charge in [0.1, 0.15) is 5.82 Å². The lowest BCUT2D eigenvalue weighted by Gasteiger charge is -2.11. The highest BCUT2D eigenvalue weighted by molar-refractivity contribution is 7.89. The smallest absolute Gasteiger partial charge is 0.240 e. The van der Waals surface area contributed by atoms with E-state index in [0.29, 0.717) is 6.54 Å². The fraction of sp³-hybridized carbons (Fsp3) is 0.385. The Bertz CT molecular complexity index is 618. The molecule has 20 heavy (non-hydrogen) atoms. The first-order valence-electron chi connectivity index (χ1n) is 5.99. The fourth-order valence-corrected chi connectivity index (χ4v) is 2.43. The second-order valence-corrected chi connectivity index (χ2v) is 6.12. The highest BCUT2D eigenvalue weighted by atomic mass is 32.2. The first-order chi connectivity index (χ1) is 9.36. The van der Waals surface area contributed by atoms with Gasteiger partial charge in [-0.3, -0.25) is 0 Å². The average molecular weight is 299 g/mol. The monoisotopic (exact) mass is 299 g/mol. The molecule has 0 fully saturated rings. The first kappa shape index (κ1) is 16.6. The maximum absolute atomic E-state index is 13.7. The minimum Gasteiger partial charge on any atom is -0.320 e. The number of halogens is 1. The van der Waals surface area contributed by atoms with Crippen molar-refractivity contribution < 1.29 is 12.8 Å². The molecule has 0 unspecified atom stereocenters. The first-order valence-corrected chi connectivity index (χ1v) is 7.48. The number of rotatable bonds is 5. The van der Waals surface area contributed by atoms with Crippen molar-refractivity contribution in [2.45, 2.75) is 4.90 Å². The summed E-state index contributed by atoms with van der Waals surface area (Å²) >= 11 is 0. The maximum Gasteiger partial charge on any atom is 0.240 e. The van der Waals surface area contributed by atoms with Crippen molar-refractivity contribution in [2.24, 2.45) is 5.73 Å². The highest BCUT2D eigenvalue weighted by Gasteiger charge is 2.15. The highest BCUT2D eigenvalue weighted by Crippen LogP contribution is 2.14. The number of benzene rings is 1. The zero-order valence-electron chi connectivity index (χ0n) is 11.5. The zero-order chi connectivity index (χ0) is 15.2. The van der Waals surface area contributed by atoms with Gasteiger partial charge >= 0.3 is 0 Å². The SMILES string of the molecule is CN(C)CCNS(=O)(=O)c1ccc(C#CCN)c(F)c1. The van der Waals surface area contributed by atoms with E-state index < -0.39 is 15.8 Å². The van der Waals surface area contributed by atoms with E-state index in [9.17, 15) is 12.8 Å². The lowest BCUT2D eigenvalue weighted by molar-refractivity contribution is 0.412. The van der Waals surface area contributed by atoms with Gasteiger partial charge in [-0.05, 0) is 32.3 Å². The predicted molar refractivity (Wildman–Crippen MR) is 76.1 cm³/mol. The summed E-state index contributed by atoms with van der Waals surface area (Å²) in [6.45, 7) is 0.930. The molecule has 1 rings (SSSR count). The molecular formula is C13H18FN3O2S. The molecule has 110 valence electrons. The molecule has 0 bridgehead atoms. The Morgan fingerprint density at radius 2 is 2.10 bits per heavy atom. The van der Waals surface area contributed by atoms with E-state index in [2.05, 4.69) is 16.6 Å². The van der Waals surface area contributed by atoms with E-state index in [1.54, 1.807) is 0 Å². The summed E-state index contributed by atoms with van der Waals surface area (Å²) in [5.74, 6) is 4.38. The molecule has 1 aromatic rings. The normalized spacial score (nSPS) is 11.2. The molecule has 0 aliphatic carbocycles. The lowest BCUT2D eigenvalue weighted by Crippen LogP contribution is -2.31. The summed E-state index contributed by atoms with van der Waals surface area (Å²) < 4.78 is 40.0. The van der Waals surface area contributed by atoms with Gasteiger partial charge in [0, 0.05) is 13.1 Å². The summed E-state index contributed by atoms with van der Waals surface area (Å²) in [6, 6.07) is 3.61. The molecule has 0 saturated heterocycles. The number of nitrogens with two attached hydrogens (primary N) is 1. The van der Waals surface area contributed by atoms with E-state index in [1.807, 2.05) is 19.0 Å². The molecule has 7 heteroatoms. The third-order valence-corrected chi connectivity index (χ3v) is 3.89. The van der Waals surface area contributed by atoms with E-state index in [0.717, 1.165) is 6.07 Å². The van der Waals surface area contributed by atoms with Crippen molar-refractivity contribution in [1.29, 1.82) is 0 Å². The van der Waals surface area contributed by atoms with Crippen molar-refractivity contribution in [3.05, 3.63) is 29.6 Å². The minimum atomic E-state index is -3.71. The Kier molecular flexibility index (Phi) is 6.10. The van der Waals surface area contributed by atoms with Gasteiger partial charge in [0.2, 0.25) is 10.0 Å². The fourth-order valence-electron chi connectivity index (χ4n) is 1.40. The van der Waals surface area contributed by atoms with Gasteiger partial charge in [0.05, 0.1) is 17.0 Å². The Morgan fingerprint density at radius 1 is 1.40 bits per heavy atom. The van der Waals surface area contributed by atoms with Crippen LogP contribution >= 0.6 is 0 Å². The van der Waals surface area contributed by atoms with Crippen LogP contribution in [0, 0.1) is 17.7 Å². The molecule has 0 aromatic heterocycles. The molecule has 5 nitrogen and oxygen atoms in total. The number of nitrogens with one attached hydrogen (secondary N) is 1. The lowest BCUT2D eigenvalue weighted by atomic mass is 10.2. The van der Waals surface area contributed by atoms with Crippen LogP contribution in [-0.2, 0) is 10.0 Å². The molecular weight excluding hydrogens is 281 g/mol. The van der Waals surface area contributed by atoms with Crippen LogP contribution in [0.3, 0.4) is 0 Å². The van der Waals surface area contributed by atoms with Crippen LogP contribution in [-0.4, -0.2) is 47.0 Å². The summed E-state index contributed by atoms with van der Waals surface area (Å²) in [7, 11) is -0.0408. The summed E-state index contributed by atoms with van der Waals surface area (Å²) in [4.78, 5) is 1.72. The zero-order valence-corrected chi connectivity index (χ0v) is 12.3. The predicted octanol–water partition coefficient (Wildman–Crippen LogP) is -0.0242. The molecule has 0 amide bonds. The molecule has 1 aromatic carbocycles. The molecule has 0 spiro atoms. The van der Waals surface area contributed by atoms with E-state index in [-0.39, 0.29) is 23.5 Å². The van der Waals surface area contributed by atoms with Gasteiger partial charge in [0.15, 0.2) is 0 Å². The van der Waals surface area contributed by atoms with Crippen LogP contribution in [0.5, 0.6) is 0 Å². The van der Waals surface area contributed by atoms with Crippen LogP contribution in [0.4, 0.5) is 4.39 Å². The van der Waals surface area contributed by atoms with E-state index in [1.165, 1.54) is 12.1 Å². The summed E-state index contributed by atoms with van der Waals surface area (Å²) in [6.07, 6.45) is 0. The number of likely N-dealkylation sites (N-methyl/N-ethyl adjacent to an activating group) is 1. The molecule has 0 radical (unpaired) electrons. The Morgan fingerprint density at radius 3 is 2.65 bits per heavy atom. The third-order valence-electron chi connectivity index (χ3n) is 2.43. The minimum absolute atomic E-state index is 0.117. The number of hydrogen-bond donors (Lipinski definition) is 2. The van der Waals surface area contributed by atoms with Crippen LogP contribution in [0.1, 0.15) is 5.56 Å². The maximum atomic E-state index is 13.7. The molecule has 0 heterocycles. The van der Waals surface area contributed by atoms with Crippen molar-refractivity contribution in [3.63, 3.8) is 0 Å². The van der Waals surface area contributed by atoms with Crippen LogP contribution in [0.25, 0.3) is 0 Å². The van der Waals surface area contributed by atoms with E-state index in [4.69, 9.17) is 5.73 Å². The van der Waals surface area contributed by atoms with Crippen LogP contribution in [0.2, 0.25) is 0 Å². The molecule has 0 aliphatic rings. The van der Waals surface area contributed by atoms with Gasteiger partial charge in [-0.15, -0.1) is 0 Å². The van der Waals surface area contributed by atoms with E-state index >= 15 is 0 Å². The van der Waals surface area contributed by atoms with Crippen molar-refractivity contribution in [1.82, 2.24) is 9.62 Å². The van der Waals surface area contributed by atoms with Crippen LogP contribution < -0.4 is 10.5 Å². The van der Waals surface area contributed by atoms with Crippen molar-refractivity contribution >= 4 is 10.0 Å². The van der Waals surface area contributed by atoms with Gasteiger partial charge in [-0.1, -0.05) is 11.8 Å². The summed E-state index contributed by atoms with van der Waals surface area (Å²) in [5, 5.41) is 0. The van der Waals surface area contributed by atoms with Crippen molar-refractivity contribution in [2.75, 3.05) is 33.7 Å². The van der Waals surface area contributed by atoms with Gasteiger partial charge in [-0.2, -0.15) is 0 Å². The summed E-state index contributed by atoms with van der Waals surface area (Å²) in [5.41, 5.74) is 5.33. The number of nitrogens with zero attached hydrogens (tertiary/aromatic N) is 1. The number of sulfonamides is 1. The largest absolute Gasteiger partial charge is 0.320 e. The van der Waals surface area contributed by atoms with Gasteiger partial charge in [0.25, 0.3) is 0 Å². The third kappa shape index (κ3) is 4.90. The molecule has 0 saturated carbocycles. The quantitative estimate of drug-likeness (QED) is 0.749. The number of hydrogen-bond acceptors (Lipinski definition) is 4. The average Bonchev–Trinajstić information content (AvgIpc) is 2.36. The Hall–Kier alpha value is -1.46. The molecule has 0 aliphatic heterocycles. The standard InChI is InChI=1S/C13H18FN3O2S/c1-17(2)9-8-16-20(18,19)12-6-5-11(4-3-7-15)13(14)10-12/h5-6,10,16H,7-9,15H2,1-2H3. The molecule has 3 N–H and O–H groups in total. The van der Waals surface area contributed by atoms with Gasteiger partial charge < -0.3 is 10.6 Å². The van der Waals surface area contributed by atoms with Crippen molar-refractivity contribution in [3.8, 4) is 11.8 Å². The Labute approximate surface area is 119 Å². The second kappa shape index (κ2) is 7.36. The second-order valence-electron chi connectivity index (χ2n) is 4.35. The van der Waals surface area contributed by atoms with Crippen LogP contribution in [0.15, 0.2) is 23.1 Å². The Balaban J connectivity index is 2.88. The topological polar surface area (TPSA) is 75.4 Å². The van der Waals surface area contributed by atoms with Gasteiger partial charge in [-0.25, -0.2) is 17.5 Å².